The Kier molecular flexibility index (Phi) is 22.6. The maximum Gasteiger partial charge on any atom is 0.274 e. The molecular formula is C69H58BrCl3F3N13O5. The van der Waals surface area contributed by atoms with Gasteiger partial charge in [-0.2, -0.15) is 31.6 Å². The van der Waals surface area contributed by atoms with Gasteiger partial charge in [0.1, 0.15) is 39.6 Å². The van der Waals surface area contributed by atoms with Crippen LogP contribution in [0.1, 0.15) is 65.7 Å². The van der Waals surface area contributed by atoms with Gasteiger partial charge >= 0.3 is 0 Å². The molecule has 18 nitrogen and oxygen atoms in total. The third-order valence-corrected chi connectivity index (χ3v) is 18.0. The lowest BCUT2D eigenvalue weighted by molar-refractivity contribution is -0.141. The summed E-state index contributed by atoms with van der Waals surface area (Å²) >= 11 is 20.4. The topological polar surface area (TPSA) is 254 Å². The van der Waals surface area contributed by atoms with E-state index in [1.165, 1.54) is 52.4 Å². The Balaban J connectivity index is 0.000000163. The molecule has 0 N–H and O–H groups in total. The zero-order valence-electron chi connectivity index (χ0n) is 50.4. The fourth-order valence-electron chi connectivity index (χ4n) is 12.0. The Hall–Kier alpha value is -9.65. The molecule has 5 aliphatic heterocycles. The maximum atomic E-state index is 13.2. The van der Waals surface area contributed by atoms with Gasteiger partial charge < -0.3 is 24.2 Å². The summed E-state index contributed by atoms with van der Waals surface area (Å²) in [4.78, 5) is 57.3. The van der Waals surface area contributed by atoms with E-state index in [1.54, 1.807) is 111 Å². The van der Waals surface area contributed by atoms with Gasteiger partial charge in [-0.15, -0.1) is 0 Å². The minimum atomic E-state index is -0.806. The molecular weight excluding hydrogens is 1330 g/mol. The molecule has 2 unspecified atom stereocenters. The molecule has 6 heterocycles. The minimum absolute atomic E-state index is 0.109. The van der Waals surface area contributed by atoms with Gasteiger partial charge in [-0.05, 0) is 165 Å². The number of hydrogen-bond donors (Lipinski definition) is 0. The first-order valence-corrected chi connectivity index (χ1v) is 31.7. The number of hydrogen-bond acceptors (Lipinski definition) is 15. The summed E-state index contributed by atoms with van der Waals surface area (Å²) < 4.78 is 51.2. The molecule has 3 fully saturated rings. The van der Waals surface area contributed by atoms with Crippen LogP contribution in [-0.2, 0) is 28.9 Å². The van der Waals surface area contributed by atoms with Crippen molar-refractivity contribution >= 4 is 90.9 Å². The summed E-state index contributed by atoms with van der Waals surface area (Å²) in [5.41, 5.74) is 3.59. The standard InChI is InChI=1S/2C23H20ClFN4O2.C22H18ClFN4O.CBrN/c2*24-17-3-6-20-19(11-17)29(15-27)13-21(31-20)22(30)28-9-7-23(14-26,8-10-28)12-16-1-4-18(25)5-2-16;23-16-3-6-18-19(11-16)26-13-20(27-18)21(29)28-9-7-22(14-25,8-10-28)12-15-1-4-17(24)5-2-15;2-1-3/h2*1-6,11,21H,7-10,12-13H2;1-6,11,13H,7-10,12H2;. The van der Waals surface area contributed by atoms with Crippen molar-refractivity contribution in [2.24, 2.45) is 16.2 Å². The number of rotatable bonds is 9. The Morgan fingerprint density at radius 3 is 1.19 bits per heavy atom. The van der Waals surface area contributed by atoms with Gasteiger partial charge in [-0.25, -0.2) is 18.2 Å². The summed E-state index contributed by atoms with van der Waals surface area (Å²) in [6.45, 7) is 2.85. The second kappa shape index (κ2) is 30.9. The lowest BCUT2D eigenvalue weighted by atomic mass is 9.75. The molecule has 0 radical (unpaired) electrons. The van der Waals surface area contributed by atoms with Crippen LogP contribution in [0.2, 0.25) is 15.1 Å². The van der Waals surface area contributed by atoms with Gasteiger partial charge in [-0.1, -0.05) is 71.2 Å². The number of piperidine rings is 3. The third kappa shape index (κ3) is 16.8. The lowest BCUT2D eigenvalue weighted by Crippen LogP contribution is -2.52. The molecule has 6 aromatic carbocycles. The number of carbonyl (C=O) groups excluding carboxylic acids is 3. The van der Waals surface area contributed by atoms with Gasteiger partial charge in [-0.3, -0.25) is 29.2 Å². The lowest BCUT2D eigenvalue weighted by Gasteiger charge is -2.40. The SMILES string of the molecule is N#CBr.N#CC1(Cc2ccc(F)cc2)CCN(C(=O)c2cnc3cc(Cl)ccc3n2)CC1.N#CN1CC(C(=O)N2CCC(C#N)(Cc3ccc(F)cc3)CC2)Oc2ccc(Cl)cc21.N#CN1CC(C(=O)N2CCC(C#N)(Cc3ccc(F)cc3)CC2)Oc2ccc(Cl)cc21. The number of nitrogens with zero attached hydrogens (tertiary/aromatic N) is 13. The normalized spacial score (nSPS) is 17.9. The molecule has 5 aliphatic rings. The average Bonchev–Trinajstić information content (AvgIpc) is 0.870. The molecule has 3 saturated heterocycles. The summed E-state index contributed by atoms with van der Waals surface area (Å²) in [5.74, 6) is -0.619. The highest BCUT2D eigenvalue weighted by molar-refractivity contribution is 9.12. The van der Waals surface area contributed by atoms with Crippen molar-refractivity contribution in [2.75, 3.05) is 62.2 Å². The minimum Gasteiger partial charge on any atom is -0.476 e. The molecule has 3 amide bonds. The summed E-state index contributed by atoms with van der Waals surface area (Å²) in [6, 6.07) is 40.9. The van der Waals surface area contributed by atoms with E-state index in [0.717, 1.165) is 16.7 Å². The van der Waals surface area contributed by atoms with Crippen molar-refractivity contribution < 1.29 is 37.0 Å². The molecule has 0 spiro atoms. The largest absolute Gasteiger partial charge is 0.476 e. The summed E-state index contributed by atoms with van der Waals surface area (Å²) in [5, 5.41) is 57.2. The van der Waals surface area contributed by atoms with Crippen LogP contribution in [0.3, 0.4) is 0 Å². The van der Waals surface area contributed by atoms with Crippen LogP contribution in [0.4, 0.5) is 24.5 Å². The van der Waals surface area contributed by atoms with Crippen LogP contribution in [0.15, 0.2) is 134 Å². The molecule has 1 aromatic heterocycles. The van der Waals surface area contributed by atoms with Crippen LogP contribution in [0.25, 0.3) is 11.0 Å². The second-order valence-corrected chi connectivity index (χ2v) is 25.0. The highest BCUT2D eigenvalue weighted by atomic mass is 79.9. The number of fused-ring (bicyclic) bond motifs is 3. The first kappa shape index (κ1) is 68.7. The first-order valence-electron chi connectivity index (χ1n) is 29.8. The van der Waals surface area contributed by atoms with E-state index in [2.05, 4.69) is 56.5 Å². The fraction of sp³-hybridized carbons (Fsp3) is 0.319. The van der Waals surface area contributed by atoms with Crippen LogP contribution in [0, 0.1) is 101 Å². The van der Waals surface area contributed by atoms with E-state index in [9.17, 15) is 53.9 Å². The number of anilines is 2. The number of carbonyl (C=O) groups is 3. The molecule has 12 rings (SSSR count). The maximum absolute atomic E-state index is 13.2. The number of halogens is 7. The van der Waals surface area contributed by atoms with Crippen LogP contribution >= 0.6 is 50.7 Å². The van der Waals surface area contributed by atoms with Gasteiger partial charge in [0.05, 0.1) is 76.1 Å². The smallest absolute Gasteiger partial charge is 0.274 e. The molecule has 25 heteroatoms. The van der Waals surface area contributed by atoms with Crippen molar-refractivity contribution in [2.45, 2.75) is 70.0 Å². The Morgan fingerprint density at radius 2 is 0.840 bits per heavy atom. The van der Waals surface area contributed by atoms with E-state index in [-0.39, 0.29) is 54.0 Å². The van der Waals surface area contributed by atoms with Crippen molar-refractivity contribution in [1.29, 1.82) is 31.6 Å². The van der Waals surface area contributed by atoms with E-state index in [0.29, 0.717) is 146 Å². The highest BCUT2D eigenvalue weighted by Crippen LogP contribution is 2.41. The van der Waals surface area contributed by atoms with Gasteiger partial charge in [0.2, 0.25) is 0 Å². The van der Waals surface area contributed by atoms with Crippen LogP contribution in [-0.4, -0.2) is 107 Å². The molecule has 0 saturated carbocycles. The van der Waals surface area contributed by atoms with E-state index in [4.69, 9.17) is 49.5 Å². The molecule has 0 bridgehead atoms. The molecule has 94 heavy (non-hydrogen) atoms. The Labute approximate surface area is 564 Å². The first-order chi connectivity index (χ1) is 45.2. The second-order valence-electron chi connectivity index (χ2n) is 23.4. The van der Waals surface area contributed by atoms with Crippen LogP contribution < -0.4 is 19.3 Å². The molecule has 2 atom stereocenters. The molecule has 478 valence electrons. The van der Waals surface area contributed by atoms with Crippen LogP contribution in [0.5, 0.6) is 11.5 Å². The number of ether oxygens (including phenoxy) is 2. The average molecular weight is 1390 g/mol. The summed E-state index contributed by atoms with van der Waals surface area (Å²) in [6.07, 6.45) is 8.80. The van der Waals surface area contributed by atoms with E-state index < -0.39 is 28.5 Å². The monoisotopic (exact) mass is 1390 g/mol. The predicted octanol–water partition coefficient (Wildman–Crippen LogP) is 13.1. The van der Waals surface area contributed by atoms with E-state index >= 15 is 0 Å². The number of aromatic nitrogens is 2. The highest BCUT2D eigenvalue weighted by Gasteiger charge is 2.43. The van der Waals surface area contributed by atoms with Crippen molar-refractivity contribution in [3.05, 3.63) is 188 Å². The Morgan fingerprint density at radius 1 is 0.500 bits per heavy atom. The number of nitriles is 6. The summed E-state index contributed by atoms with van der Waals surface area (Å²) in [7, 11) is 0. The zero-order valence-corrected chi connectivity index (χ0v) is 54.2. The van der Waals surface area contributed by atoms with E-state index in [1.807, 2.05) is 0 Å². The Bertz CT molecular complexity index is 4010. The molecule has 7 aromatic rings. The van der Waals surface area contributed by atoms with Crippen molar-refractivity contribution in [3.8, 4) is 47.1 Å². The van der Waals surface area contributed by atoms with Gasteiger partial charge in [0, 0.05) is 70.3 Å². The van der Waals surface area contributed by atoms with Gasteiger partial charge in [0.15, 0.2) is 24.6 Å². The van der Waals surface area contributed by atoms with Crippen molar-refractivity contribution in [3.63, 3.8) is 0 Å². The number of likely N-dealkylation sites (tertiary alicyclic amines) is 3. The third-order valence-electron chi connectivity index (χ3n) is 17.3. The molecule has 0 aliphatic carbocycles. The van der Waals surface area contributed by atoms with Gasteiger partial charge in [0.25, 0.3) is 17.7 Å². The fourth-order valence-corrected chi connectivity index (χ4v) is 12.5. The predicted molar refractivity (Wildman–Crippen MR) is 348 cm³/mol. The zero-order chi connectivity index (χ0) is 67.2. The quantitative estimate of drug-likeness (QED) is 0.122. The number of amides is 3. The number of benzene rings is 6. The van der Waals surface area contributed by atoms with Crippen molar-refractivity contribution in [1.82, 2.24) is 24.7 Å².